The molecule has 13 heteroatoms. The Morgan fingerprint density at radius 3 is 2.39 bits per heavy atom. The molecule has 3 aromatic rings. The highest BCUT2D eigenvalue weighted by Gasteiger charge is 2.59. The molecule has 0 spiro atoms. The van der Waals surface area contributed by atoms with Crippen LogP contribution in [0.5, 0.6) is 0 Å². The van der Waals surface area contributed by atoms with E-state index >= 15 is 0 Å². The van der Waals surface area contributed by atoms with Crippen molar-refractivity contribution in [1.29, 1.82) is 0 Å². The van der Waals surface area contributed by atoms with Crippen LogP contribution in [-0.2, 0) is 32.5 Å². The van der Waals surface area contributed by atoms with Crippen molar-refractivity contribution < 1.29 is 31.9 Å². The molecule has 3 heterocycles. The number of anilines is 2. The van der Waals surface area contributed by atoms with Gasteiger partial charge in [-0.2, -0.15) is 13.2 Å². The summed E-state index contributed by atoms with van der Waals surface area (Å²) in [5, 5.41) is 1.93. The van der Waals surface area contributed by atoms with Crippen molar-refractivity contribution in [2.24, 2.45) is 5.92 Å². The number of halogens is 4. The fourth-order valence-electron chi connectivity index (χ4n) is 4.72. The molecule has 1 fully saturated rings. The van der Waals surface area contributed by atoms with Crippen LogP contribution in [0.3, 0.4) is 0 Å². The minimum atomic E-state index is -4.66. The Morgan fingerprint density at radius 2 is 1.74 bits per heavy atom. The van der Waals surface area contributed by atoms with Gasteiger partial charge in [0, 0.05) is 16.0 Å². The number of rotatable bonds is 4. The summed E-state index contributed by atoms with van der Waals surface area (Å²) < 4.78 is 54.2. The van der Waals surface area contributed by atoms with Crippen LogP contribution in [0.25, 0.3) is 0 Å². The van der Waals surface area contributed by atoms with Gasteiger partial charge in [0.25, 0.3) is 0 Å². The van der Waals surface area contributed by atoms with Gasteiger partial charge >= 0.3 is 11.0 Å². The molecule has 2 aromatic carbocycles. The molecule has 7 nitrogen and oxygen atoms in total. The number of alkyl halides is 3. The van der Waals surface area contributed by atoms with Gasteiger partial charge in [-0.05, 0) is 42.5 Å². The molecule has 3 amide bonds. The minimum Gasteiger partial charge on any atom is -0.325 e. The summed E-state index contributed by atoms with van der Waals surface area (Å²) in [6.07, 6.45) is -4.66. The molecule has 0 aliphatic carbocycles. The Morgan fingerprint density at radius 1 is 1.05 bits per heavy atom. The number of carbonyl (C=O) groups is 3. The van der Waals surface area contributed by atoms with Gasteiger partial charge in [-0.3, -0.25) is 23.7 Å². The molecule has 1 saturated heterocycles. The van der Waals surface area contributed by atoms with Gasteiger partial charge in [0.2, 0.25) is 17.7 Å². The lowest BCUT2D eigenvalue weighted by Gasteiger charge is -2.36. The maximum absolute atomic E-state index is 13.5. The number of imide groups is 1. The van der Waals surface area contributed by atoms with Crippen LogP contribution in [0.1, 0.15) is 24.3 Å². The maximum Gasteiger partial charge on any atom is 0.416 e. The van der Waals surface area contributed by atoms with E-state index in [-0.39, 0.29) is 12.2 Å². The first kappa shape index (κ1) is 26.2. The summed E-state index contributed by atoms with van der Waals surface area (Å²) in [7, 11) is 0. The summed E-state index contributed by atoms with van der Waals surface area (Å²) in [5.41, 5.74) is -1.86. The first-order valence-corrected chi connectivity index (χ1v) is 13.0. The molecule has 0 saturated carbocycles. The van der Waals surface area contributed by atoms with Crippen LogP contribution in [-0.4, -0.2) is 27.5 Å². The van der Waals surface area contributed by atoms with Gasteiger partial charge in [-0.1, -0.05) is 43.0 Å². The fourth-order valence-corrected chi connectivity index (χ4v) is 7.76. The number of hydrogen-bond donors (Lipinski definition) is 1. The highest BCUT2D eigenvalue weighted by molar-refractivity contribution is 8.00. The van der Waals surface area contributed by atoms with Gasteiger partial charge in [-0.15, -0.1) is 0 Å². The zero-order valence-electron chi connectivity index (χ0n) is 19.8. The van der Waals surface area contributed by atoms with E-state index < -0.39 is 56.7 Å². The Bertz CT molecular complexity index is 1530. The number of thiazole rings is 1. The molecule has 198 valence electrons. The van der Waals surface area contributed by atoms with Gasteiger partial charge in [0.1, 0.15) is 17.6 Å². The van der Waals surface area contributed by atoms with E-state index in [2.05, 4.69) is 5.32 Å². The maximum atomic E-state index is 13.5. The highest BCUT2D eigenvalue weighted by Crippen LogP contribution is 2.54. The molecule has 1 N–H and O–H groups in total. The lowest BCUT2D eigenvalue weighted by molar-refractivity contribution is -0.137. The van der Waals surface area contributed by atoms with Crippen molar-refractivity contribution in [2.45, 2.75) is 42.3 Å². The molecule has 2 aliphatic heterocycles. The second kappa shape index (κ2) is 9.09. The molecule has 2 aliphatic rings. The number of aromatic nitrogens is 1. The first-order valence-electron chi connectivity index (χ1n) is 11.3. The average molecular weight is 566 g/mol. The molecule has 2 unspecified atom stereocenters. The number of hydrogen-bond acceptors (Lipinski definition) is 6. The van der Waals surface area contributed by atoms with Crippen LogP contribution < -0.4 is 15.1 Å². The number of benzene rings is 2. The predicted octanol–water partition coefficient (Wildman–Crippen LogP) is 4.65. The van der Waals surface area contributed by atoms with Crippen molar-refractivity contribution in [3.63, 3.8) is 0 Å². The second-order valence-corrected chi connectivity index (χ2v) is 11.5. The standard InChI is InChI=1S/C25H19F4N3O4S2/c1-24(2)17-18(21(35)32(20(17)34)15-5-3-4-12(10-15)25(27,28)29)37-22-19(24)38-23(36)31(22)11-16(33)30-14-8-6-13(26)7-9-14/h3-10,17-18H,11H2,1-2H3,(H,30,33). The van der Waals surface area contributed by atoms with Crippen LogP contribution in [0, 0.1) is 11.7 Å². The molecular weight excluding hydrogens is 546 g/mol. The van der Waals surface area contributed by atoms with E-state index in [9.17, 15) is 36.7 Å². The Hall–Kier alpha value is -3.45. The molecule has 0 radical (unpaired) electrons. The van der Waals surface area contributed by atoms with Crippen LogP contribution in [0.4, 0.5) is 28.9 Å². The summed E-state index contributed by atoms with van der Waals surface area (Å²) in [6.45, 7) is 3.01. The second-order valence-electron chi connectivity index (χ2n) is 9.44. The van der Waals surface area contributed by atoms with Crippen LogP contribution >= 0.6 is 23.1 Å². The van der Waals surface area contributed by atoms with Crippen LogP contribution in [0.2, 0.25) is 0 Å². The summed E-state index contributed by atoms with van der Waals surface area (Å²) in [5.74, 6) is -3.30. The summed E-state index contributed by atoms with van der Waals surface area (Å²) in [6, 6.07) is 9.10. The summed E-state index contributed by atoms with van der Waals surface area (Å²) >= 11 is 1.81. The Labute approximate surface area is 221 Å². The van der Waals surface area contributed by atoms with E-state index in [1.807, 2.05) is 0 Å². The Kier molecular flexibility index (Phi) is 6.26. The summed E-state index contributed by atoms with van der Waals surface area (Å²) in [4.78, 5) is 53.3. The third-order valence-corrected chi connectivity index (χ3v) is 9.39. The van der Waals surface area contributed by atoms with E-state index in [1.54, 1.807) is 13.8 Å². The number of nitrogens with zero attached hydrogens (tertiary/aromatic N) is 2. The van der Waals surface area contributed by atoms with Gasteiger partial charge in [0.05, 0.1) is 22.2 Å². The van der Waals surface area contributed by atoms with Crippen molar-refractivity contribution in [3.05, 3.63) is 74.5 Å². The third kappa shape index (κ3) is 4.33. The lowest BCUT2D eigenvalue weighted by atomic mass is 9.76. The van der Waals surface area contributed by atoms with Crippen molar-refractivity contribution in [2.75, 3.05) is 10.2 Å². The largest absolute Gasteiger partial charge is 0.416 e. The smallest absolute Gasteiger partial charge is 0.325 e. The molecule has 2 atom stereocenters. The van der Waals surface area contributed by atoms with E-state index in [0.717, 1.165) is 46.2 Å². The van der Waals surface area contributed by atoms with Crippen molar-refractivity contribution in [3.8, 4) is 0 Å². The molecule has 0 bridgehead atoms. The van der Waals surface area contributed by atoms with E-state index in [0.29, 0.717) is 15.6 Å². The minimum absolute atomic E-state index is 0.181. The van der Waals surface area contributed by atoms with Gasteiger partial charge in [0.15, 0.2) is 0 Å². The molecule has 1 aromatic heterocycles. The van der Waals surface area contributed by atoms with E-state index in [1.165, 1.54) is 34.9 Å². The van der Waals surface area contributed by atoms with Crippen molar-refractivity contribution >= 4 is 52.2 Å². The highest BCUT2D eigenvalue weighted by atomic mass is 32.2. The third-order valence-electron chi connectivity index (χ3n) is 6.56. The van der Waals surface area contributed by atoms with Crippen molar-refractivity contribution in [1.82, 2.24) is 4.57 Å². The van der Waals surface area contributed by atoms with Gasteiger partial charge in [-0.25, -0.2) is 9.29 Å². The zero-order chi connectivity index (χ0) is 27.6. The van der Waals surface area contributed by atoms with E-state index in [4.69, 9.17) is 0 Å². The number of thioether (sulfide) groups is 1. The normalized spacial score (nSPS) is 20.3. The monoisotopic (exact) mass is 565 g/mol. The van der Waals surface area contributed by atoms with Gasteiger partial charge < -0.3 is 5.32 Å². The number of nitrogens with one attached hydrogen (secondary N) is 1. The predicted molar refractivity (Wildman–Crippen MR) is 134 cm³/mol. The first-order chi connectivity index (χ1) is 17.8. The topological polar surface area (TPSA) is 88.5 Å². The SMILES string of the molecule is CC1(C)c2sc(=O)n(CC(=O)Nc3ccc(F)cc3)c2SC2C(=O)N(c3cccc(C(F)(F)F)c3)C(=O)C21. The number of carbonyl (C=O) groups excluding carboxylic acids is 3. The quantitative estimate of drug-likeness (QED) is 0.368. The molecular formula is C25H19F4N3O4S2. The lowest BCUT2D eigenvalue weighted by Crippen LogP contribution is -2.42. The zero-order valence-corrected chi connectivity index (χ0v) is 21.5. The Balaban J connectivity index is 1.46. The number of fused-ring (bicyclic) bond motifs is 2. The fraction of sp³-hybridized carbons (Fsp3) is 0.280. The average Bonchev–Trinajstić information content (AvgIpc) is 3.29. The van der Waals surface area contributed by atoms with Crippen LogP contribution in [0.15, 0.2) is 58.4 Å². The molecule has 5 rings (SSSR count). The number of amides is 3. The molecule has 38 heavy (non-hydrogen) atoms.